The van der Waals surface area contributed by atoms with Gasteiger partial charge in [-0.05, 0) is 49.8 Å². The number of primary amides is 1. The first-order chi connectivity index (χ1) is 19.4. The molecule has 4 atom stereocenters. The van der Waals surface area contributed by atoms with Crippen LogP contribution in [0.4, 0.5) is 0 Å². The molecule has 4 unspecified atom stereocenters. The molecule has 0 aliphatic carbocycles. The molecular formula is C28H43N7O6. The topological polar surface area (TPSA) is 236 Å². The molecule has 41 heavy (non-hydrogen) atoms. The van der Waals surface area contributed by atoms with E-state index in [4.69, 9.17) is 17.2 Å². The highest BCUT2D eigenvalue weighted by Gasteiger charge is 2.31. The number of H-pyrrole nitrogens is 1. The summed E-state index contributed by atoms with van der Waals surface area (Å²) in [7, 11) is 0. The van der Waals surface area contributed by atoms with E-state index in [2.05, 4.69) is 20.9 Å². The molecular weight excluding hydrogens is 530 g/mol. The van der Waals surface area contributed by atoms with Crippen molar-refractivity contribution in [2.45, 2.75) is 83.0 Å². The fourth-order valence-corrected chi connectivity index (χ4v) is 4.44. The van der Waals surface area contributed by atoms with Crippen LogP contribution < -0.4 is 33.2 Å². The number of unbranched alkanes of at least 4 members (excludes halogenated alkanes) is 1. The SMILES string of the molecule is CC(C)CC(NC(=O)C(N)CCCCN)C(=O)NC(Cc1c[nH]c2ccccc12)C(=O)NC(CCC(N)=O)C(=O)O. The van der Waals surface area contributed by atoms with Gasteiger partial charge in [-0.3, -0.25) is 19.2 Å². The number of rotatable bonds is 18. The maximum absolute atomic E-state index is 13.5. The van der Waals surface area contributed by atoms with Gasteiger partial charge < -0.3 is 43.2 Å². The van der Waals surface area contributed by atoms with E-state index in [9.17, 15) is 29.1 Å². The van der Waals surface area contributed by atoms with Gasteiger partial charge in [-0.25, -0.2) is 4.79 Å². The molecule has 1 aromatic carbocycles. The van der Waals surface area contributed by atoms with E-state index in [0.717, 1.165) is 22.9 Å². The van der Waals surface area contributed by atoms with Gasteiger partial charge in [0, 0.05) is 29.9 Å². The average molecular weight is 574 g/mol. The predicted molar refractivity (Wildman–Crippen MR) is 154 cm³/mol. The van der Waals surface area contributed by atoms with Crippen molar-refractivity contribution in [3.8, 4) is 0 Å². The molecule has 0 saturated carbocycles. The minimum atomic E-state index is -1.39. The molecule has 13 heteroatoms. The highest BCUT2D eigenvalue weighted by Crippen LogP contribution is 2.19. The minimum Gasteiger partial charge on any atom is -0.480 e. The van der Waals surface area contributed by atoms with Crippen molar-refractivity contribution in [1.82, 2.24) is 20.9 Å². The van der Waals surface area contributed by atoms with E-state index in [1.165, 1.54) is 0 Å². The van der Waals surface area contributed by atoms with E-state index in [1.54, 1.807) is 6.20 Å². The molecule has 4 amide bonds. The second kappa shape index (κ2) is 16.3. The van der Waals surface area contributed by atoms with Crippen LogP contribution in [0.5, 0.6) is 0 Å². The number of amides is 4. The highest BCUT2D eigenvalue weighted by atomic mass is 16.4. The number of para-hydroxylation sites is 1. The van der Waals surface area contributed by atoms with Crippen molar-refractivity contribution >= 4 is 40.5 Å². The standard InChI is InChI=1S/C28H43N7O6/c1-16(2)13-22(34-25(37)19(30)8-5-6-12-29)26(38)35-23(14-17-15-32-20-9-4-3-7-18(17)20)27(39)33-21(28(40)41)10-11-24(31)36/h3-4,7,9,15-16,19,21-23,32H,5-6,8,10-14,29-30H2,1-2H3,(H2,31,36)(H,33,39)(H,34,37)(H,35,38)(H,40,41). The molecule has 2 aromatic rings. The Bertz CT molecular complexity index is 1200. The molecule has 0 aliphatic rings. The lowest BCUT2D eigenvalue weighted by atomic mass is 10.00. The zero-order chi connectivity index (χ0) is 30.5. The van der Waals surface area contributed by atoms with Crippen molar-refractivity contribution in [3.63, 3.8) is 0 Å². The van der Waals surface area contributed by atoms with Crippen LogP contribution in [0.15, 0.2) is 30.5 Å². The molecule has 0 radical (unpaired) electrons. The Labute approximate surface area is 239 Å². The van der Waals surface area contributed by atoms with Gasteiger partial charge in [-0.2, -0.15) is 0 Å². The Morgan fingerprint density at radius 3 is 2.17 bits per heavy atom. The number of carboxylic acids is 1. The summed E-state index contributed by atoms with van der Waals surface area (Å²) in [6.45, 7) is 4.26. The van der Waals surface area contributed by atoms with E-state index < -0.39 is 53.8 Å². The van der Waals surface area contributed by atoms with Crippen LogP contribution in [0.2, 0.25) is 0 Å². The monoisotopic (exact) mass is 573 g/mol. The molecule has 2 rings (SSSR count). The number of fused-ring (bicyclic) bond motifs is 1. The predicted octanol–water partition coefficient (Wildman–Crippen LogP) is 0.0173. The summed E-state index contributed by atoms with van der Waals surface area (Å²) in [5.74, 6) is -3.88. The van der Waals surface area contributed by atoms with Gasteiger partial charge in [0.1, 0.15) is 18.1 Å². The van der Waals surface area contributed by atoms with Gasteiger partial charge >= 0.3 is 5.97 Å². The van der Waals surface area contributed by atoms with E-state index in [0.29, 0.717) is 19.4 Å². The summed E-state index contributed by atoms with van der Waals surface area (Å²) in [5.41, 5.74) is 18.2. The van der Waals surface area contributed by atoms with Crippen LogP contribution in [0.1, 0.15) is 57.9 Å². The number of carbonyl (C=O) groups is 5. The first kappa shape index (κ1) is 33.2. The zero-order valence-corrected chi connectivity index (χ0v) is 23.7. The first-order valence-electron chi connectivity index (χ1n) is 13.9. The molecule has 1 heterocycles. The normalized spacial score (nSPS) is 14.2. The van der Waals surface area contributed by atoms with Crippen molar-refractivity contribution in [1.29, 1.82) is 0 Å². The van der Waals surface area contributed by atoms with Gasteiger partial charge in [-0.15, -0.1) is 0 Å². The summed E-state index contributed by atoms with van der Waals surface area (Å²) in [4.78, 5) is 65.7. The molecule has 0 fully saturated rings. The van der Waals surface area contributed by atoms with E-state index in [-0.39, 0.29) is 31.6 Å². The van der Waals surface area contributed by atoms with Gasteiger partial charge in [-0.1, -0.05) is 38.5 Å². The van der Waals surface area contributed by atoms with Gasteiger partial charge in [0.2, 0.25) is 23.6 Å². The van der Waals surface area contributed by atoms with Crippen LogP contribution in [-0.2, 0) is 30.4 Å². The Morgan fingerprint density at radius 2 is 1.54 bits per heavy atom. The largest absolute Gasteiger partial charge is 0.480 e. The summed E-state index contributed by atoms with van der Waals surface area (Å²) < 4.78 is 0. The third-order valence-electron chi connectivity index (χ3n) is 6.67. The van der Waals surface area contributed by atoms with Gasteiger partial charge in [0.05, 0.1) is 6.04 Å². The zero-order valence-electron chi connectivity index (χ0n) is 23.7. The van der Waals surface area contributed by atoms with Crippen LogP contribution in [0.25, 0.3) is 10.9 Å². The summed E-state index contributed by atoms with van der Waals surface area (Å²) in [5, 5.41) is 18.3. The summed E-state index contributed by atoms with van der Waals surface area (Å²) in [6.07, 6.45) is 3.37. The number of hydrogen-bond acceptors (Lipinski definition) is 7. The fourth-order valence-electron chi connectivity index (χ4n) is 4.44. The molecule has 13 nitrogen and oxygen atoms in total. The summed E-state index contributed by atoms with van der Waals surface area (Å²) in [6, 6.07) is 3.02. The number of carboxylic acid groups (broad SMARTS) is 1. The lowest BCUT2D eigenvalue weighted by Gasteiger charge is -2.26. The first-order valence-corrected chi connectivity index (χ1v) is 13.9. The van der Waals surface area contributed by atoms with Crippen molar-refractivity contribution in [2.24, 2.45) is 23.1 Å². The molecule has 226 valence electrons. The van der Waals surface area contributed by atoms with E-state index >= 15 is 0 Å². The number of aromatic nitrogens is 1. The fraction of sp³-hybridized carbons (Fsp3) is 0.536. The Hall–Kier alpha value is -3.97. The van der Waals surface area contributed by atoms with Gasteiger partial charge in [0.15, 0.2) is 0 Å². The Balaban J connectivity index is 2.28. The van der Waals surface area contributed by atoms with Crippen LogP contribution >= 0.6 is 0 Å². The van der Waals surface area contributed by atoms with Gasteiger partial charge in [0.25, 0.3) is 0 Å². The maximum Gasteiger partial charge on any atom is 0.326 e. The minimum absolute atomic E-state index is 0.0191. The number of aromatic amines is 1. The number of hydrogen-bond donors (Lipinski definition) is 8. The smallest absolute Gasteiger partial charge is 0.326 e. The Morgan fingerprint density at radius 1 is 0.902 bits per heavy atom. The maximum atomic E-state index is 13.5. The second-order valence-electron chi connectivity index (χ2n) is 10.6. The van der Waals surface area contributed by atoms with Crippen LogP contribution in [0, 0.1) is 5.92 Å². The lowest BCUT2D eigenvalue weighted by molar-refractivity contribution is -0.142. The number of nitrogens with two attached hydrogens (primary N) is 3. The quantitative estimate of drug-likeness (QED) is 0.113. The molecule has 11 N–H and O–H groups in total. The number of nitrogens with one attached hydrogen (secondary N) is 4. The molecule has 0 bridgehead atoms. The number of benzene rings is 1. The molecule has 0 saturated heterocycles. The second-order valence-corrected chi connectivity index (χ2v) is 10.6. The summed E-state index contributed by atoms with van der Waals surface area (Å²) >= 11 is 0. The van der Waals surface area contributed by atoms with Crippen molar-refractivity contribution < 1.29 is 29.1 Å². The number of aliphatic carboxylic acids is 1. The van der Waals surface area contributed by atoms with Crippen molar-refractivity contribution in [3.05, 3.63) is 36.0 Å². The van der Waals surface area contributed by atoms with Crippen LogP contribution in [-0.4, -0.2) is 70.4 Å². The molecule has 1 aromatic heterocycles. The van der Waals surface area contributed by atoms with Crippen LogP contribution in [0.3, 0.4) is 0 Å². The highest BCUT2D eigenvalue weighted by molar-refractivity contribution is 5.95. The number of carbonyl (C=O) groups excluding carboxylic acids is 4. The van der Waals surface area contributed by atoms with Crippen molar-refractivity contribution in [2.75, 3.05) is 6.54 Å². The third kappa shape index (κ3) is 10.8. The average Bonchev–Trinajstić information content (AvgIpc) is 3.32. The molecule has 0 spiro atoms. The van der Waals surface area contributed by atoms with E-state index in [1.807, 2.05) is 38.1 Å². The molecule has 0 aliphatic heterocycles. The lowest BCUT2D eigenvalue weighted by Crippen LogP contribution is -2.57. The Kier molecular flexibility index (Phi) is 13.2. The third-order valence-corrected chi connectivity index (χ3v) is 6.67.